The van der Waals surface area contributed by atoms with E-state index in [4.69, 9.17) is 5.73 Å². The van der Waals surface area contributed by atoms with Gasteiger partial charge in [-0.25, -0.2) is 0 Å². The molecule has 0 radical (unpaired) electrons. The summed E-state index contributed by atoms with van der Waals surface area (Å²) in [6.07, 6.45) is 2.08. The number of halogens is 2. The topological polar surface area (TPSA) is 55.6 Å². The molecular formula is C15H18F2N2O2. The lowest BCUT2D eigenvalue weighted by molar-refractivity contribution is -0.0499. The molecule has 1 aromatic carbocycles. The minimum atomic E-state index is -2.89. The van der Waals surface area contributed by atoms with Gasteiger partial charge in [0.05, 0.1) is 0 Å². The first-order valence-electron chi connectivity index (χ1n) is 7.14. The van der Waals surface area contributed by atoms with Gasteiger partial charge in [0.15, 0.2) is 0 Å². The number of amides is 1. The lowest BCUT2D eigenvalue weighted by Gasteiger charge is -2.19. The first kappa shape index (κ1) is 14.3. The smallest absolute Gasteiger partial charge is 0.387 e. The van der Waals surface area contributed by atoms with E-state index in [2.05, 4.69) is 4.74 Å². The van der Waals surface area contributed by atoms with E-state index in [1.54, 1.807) is 17.0 Å². The summed E-state index contributed by atoms with van der Waals surface area (Å²) in [6, 6.07) is 6.11. The number of hydrogen-bond acceptors (Lipinski definition) is 3. The molecule has 1 saturated carbocycles. The van der Waals surface area contributed by atoms with Crippen LogP contribution in [0.3, 0.4) is 0 Å². The first-order valence-corrected chi connectivity index (χ1v) is 7.14. The van der Waals surface area contributed by atoms with Crippen LogP contribution in [0.4, 0.5) is 8.78 Å². The van der Waals surface area contributed by atoms with Gasteiger partial charge >= 0.3 is 6.61 Å². The minimum absolute atomic E-state index is 0.00643. The van der Waals surface area contributed by atoms with Crippen molar-refractivity contribution in [1.29, 1.82) is 0 Å². The van der Waals surface area contributed by atoms with Crippen molar-refractivity contribution in [3.05, 3.63) is 29.8 Å². The number of carbonyl (C=O) groups excluding carboxylic acids is 1. The quantitative estimate of drug-likeness (QED) is 0.929. The van der Waals surface area contributed by atoms with E-state index in [1.807, 2.05) is 0 Å². The number of nitrogens with two attached hydrogens (primary N) is 1. The van der Waals surface area contributed by atoms with Crippen LogP contribution < -0.4 is 10.5 Å². The number of likely N-dealkylation sites (tertiary alicyclic amines) is 1. The lowest BCUT2D eigenvalue weighted by atomic mass is 9.98. The zero-order valence-electron chi connectivity index (χ0n) is 11.5. The fourth-order valence-corrected chi connectivity index (χ4v) is 3.46. The molecule has 2 fully saturated rings. The molecule has 2 aliphatic rings. The molecule has 1 saturated heterocycles. The van der Waals surface area contributed by atoms with Crippen molar-refractivity contribution < 1.29 is 18.3 Å². The summed E-state index contributed by atoms with van der Waals surface area (Å²) < 4.78 is 28.8. The van der Waals surface area contributed by atoms with Crippen molar-refractivity contribution in [3.63, 3.8) is 0 Å². The third-order valence-corrected chi connectivity index (χ3v) is 4.51. The standard InChI is InChI=1S/C15H18F2N2O2/c16-15(17)21-11-3-1-2-9(6-11)14(20)19-7-10-4-5-13(18)12(10)8-19/h1-3,6,10,12-13,15H,4-5,7-8,18H2. The van der Waals surface area contributed by atoms with E-state index in [9.17, 15) is 13.6 Å². The predicted octanol–water partition coefficient (Wildman–Crippen LogP) is 2.10. The van der Waals surface area contributed by atoms with E-state index in [0.717, 1.165) is 12.8 Å². The number of carbonyl (C=O) groups is 1. The molecule has 1 aliphatic heterocycles. The maximum atomic E-state index is 12.5. The van der Waals surface area contributed by atoms with Crippen LogP contribution in [0, 0.1) is 11.8 Å². The SMILES string of the molecule is NC1CCC2CN(C(=O)c3cccc(OC(F)F)c3)CC12. The number of hydrogen-bond donors (Lipinski definition) is 1. The molecule has 3 atom stereocenters. The Hall–Kier alpha value is -1.69. The van der Waals surface area contributed by atoms with Gasteiger partial charge in [-0.05, 0) is 42.9 Å². The van der Waals surface area contributed by atoms with Crippen molar-refractivity contribution in [2.75, 3.05) is 13.1 Å². The van der Waals surface area contributed by atoms with E-state index < -0.39 is 6.61 Å². The fourth-order valence-electron chi connectivity index (χ4n) is 3.46. The van der Waals surface area contributed by atoms with Crippen LogP contribution in [0.2, 0.25) is 0 Å². The average molecular weight is 296 g/mol. The number of fused-ring (bicyclic) bond motifs is 1. The summed E-state index contributed by atoms with van der Waals surface area (Å²) >= 11 is 0. The number of benzene rings is 1. The third kappa shape index (κ3) is 2.85. The van der Waals surface area contributed by atoms with Gasteiger partial charge in [0.25, 0.3) is 5.91 Å². The predicted molar refractivity (Wildman–Crippen MR) is 73.2 cm³/mol. The van der Waals surface area contributed by atoms with Crippen LogP contribution in [-0.4, -0.2) is 36.5 Å². The number of alkyl halides is 2. The van der Waals surface area contributed by atoms with Gasteiger partial charge in [-0.1, -0.05) is 6.07 Å². The van der Waals surface area contributed by atoms with Crippen molar-refractivity contribution >= 4 is 5.91 Å². The van der Waals surface area contributed by atoms with Gasteiger partial charge in [-0.2, -0.15) is 8.78 Å². The Morgan fingerprint density at radius 1 is 1.33 bits per heavy atom. The van der Waals surface area contributed by atoms with E-state index in [-0.39, 0.29) is 17.7 Å². The lowest BCUT2D eigenvalue weighted by Crippen LogP contribution is -2.33. The normalized spacial score (nSPS) is 28.0. The highest BCUT2D eigenvalue weighted by Gasteiger charge is 2.42. The Labute approximate surface area is 121 Å². The summed E-state index contributed by atoms with van der Waals surface area (Å²) in [7, 11) is 0. The molecular weight excluding hydrogens is 278 g/mol. The Bertz CT molecular complexity index is 538. The van der Waals surface area contributed by atoms with E-state index >= 15 is 0 Å². The summed E-state index contributed by atoms with van der Waals surface area (Å²) in [5.41, 5.74) is 6.44. The second kappa shape index (κ2) is 5.60. The highest BCUT2D eigenvalue weighted by atomic mass is 19.3. The molecule has 1 heterocycles. The van der Waals surface area contributed by atoms with Gasteiger partial charge in [-0.15, -0.1) is 0 Å². The van der Waals surface area contributed by atoms with Crippen molar-refractivity contribution in [3.8, 4) is 5.75 Å². The molecule has 1 amide bonds. The molecule has 3 rings (SSSR count). The van der Waals surface area contributed by atoms with Crippen molar-refractivity contribution in [2.45, 2.75) is 25.5 Å². The van der Waals surface area contributed by atoms with E-state index in [0.29, 0.717) is 30.5 Å². The van der Waals surface area contributed by atoms with E-state index in [1.165, 1.54) is 12.1 Å². The number of nitrogens with zero attached hydrogens (tertiary/aromatic N) is 1. The zero-order valence-corrected chi connectivity index (χ0v) is 11.5. The van der Waals surface area contributed by atoms with Crippen molar-refractivity contribution in [2.24, 2.45) is 17.6 Å². The first-order chi connectivity index (χ1) is 10.0. The Morgan fingerprint density at radius 2 is 2.14 bits per heavy atom. The molecule has 21 heavy (non-hydrogen) atoms. The Kier molecular flexibility index (Phi) is 3.80. The van der Waals surface area contributed by atoms with Gasteiger partial charge in [0, 0.05) is 24.7 Å². The monoisotopic (exact) mass is 296 g/mol. The second-order valence-electron chi connectivity index (χ2n) is 5.78. The van der Waals surface area contributed by atoms with Gasteiger partial charge in [-0.3, -0.25) is 4.79 Å². The third-order valence-electron chi connectivity index (χ3n) is 4.51. The van der Waals surface area contributed by atoms with Crippen LogP contribution >= 0.6 is 0 Å². The van der Waals surface area contributed by atoms with Crippen LogP contribution in [-0.2, 0) is 0 Å². The van der Waals surface area contributed by atoms with Gasteiger partial charge in [0.1, 0.15) is 5.75 Å². The molecule has 0 aromatic heterocycles. The molecule has 1 aromatic rings. The highest BCUT2D eigenvalue weighted by Crippen LogP contribution is 2.37. The van der Waals surface area contributed by atoms with Crippen LogP contribution in [0.15, 0.2) is 24.3 Å². The average Bonchev–Trinajstić information content (AvgIpc) is 3.00. The largest absolute Gasteiger partial charge is 0.435 e. The van der Waals surface area contributed by atoms with Crippen molar-refractivity contribution in [1.82, 2.24) is 4.90 Å². The summed E-state index contributed by atoms with van der Waals surface area (Å²) in [5.74, 6) is 0.710. The molecule has 1 aliphatic carbocycles. The van der Waals surface area contributed by atoms with Gasteiger partial charge in [0.2, 0.25) is 0 Å². The Morgan fingerprint density at radius 3 is 2.86 bits per heavy atom. The highest BCUT2D eigenvalue weighted by molar-refractivity contribution is 5.94. The van der Waals surface area contributed by atoms with Crippen LogP contribution in [0.1, 0.15) is 23.2 Å². The minimum Gasteiger partial charge on any atom is -0.435 e. The number of rotatable bonds is 3. The molecule has 4 nitrogen and oxygen atoms in total. The molecule has 0 bridgehead atoms. The molecule has 0 spiro atoms. The summed E-state index contributed by atoms with van der Waals surface area (Å²) in [4.78, 5) is 14.2. The molecule has 6 heteroatoms. The molecule has 3 unspecified atom stereocenters. The van der Waals surface area contributed by atoms with Crippen LogP contribution in [0.25, 0.3) is 0 Å². The number of ether oxygens (including phenoxy) is 1. The summed E-state index contributed by atoms with van der Waals surface area (Å²) in [6.45, 7) is -1.53. The zero-order chi connectivity index (χ0) is 15.0. The fraction of sp³-hybridized carbons (Fsp3) is 0.533. The maximum absolute atomic E-state index is 12.5. The maximum Gasteiger partial charge on any atom is 0.387 e. The van der Waals surface area contributed by atoms with Crippen LogP contribution in [0.5, 0.6) is 5.75 Å². The van der Waals surface area contributed by atoms with Gasteiger partial charge < -0.3 is 15.4 Å². The molecule has 2 N–H and O–H groups in total. The second-order valence-corrected chi connectivity index (χ2v) is 5.78. The summed E-state index contributed by atoms with van der Waals surface area (Å²) in [5, 5.41) is 0. The Balaban J connectivity index is 1.71. The molecule has 114 valence electrons.